The second kappa shape index (κ2) is 4.82. The number of nitrogen functional groups attached to an aromatic ring is 1. The monoisotopic (exact) mass is 258 g/mol. The maximum absolute atomic E-state index is 5.77. The average molecular weight is 258 g/mol. The van der Waals surface area contributed by atoms with Gasteiger partial charge in [0.2, 0.25) is 0 Å². The van der Waals surface area contributed by atoms with Gasteiger partial charge in [-0.1, -0.05) is 25.5 Å². The molecule has 0 spiro atoms. The maximum Gasteiger partial charge on any atom is 0.0314 e. The fourth-order valence-corrected chi connectivity index (χ4v) is 3.34. The Bertz CT molecular complexity index is 427. The van der Waals surface area contributed by atoms with Gasteiger partial charge in [-0.25, -0.2) is 0 Å². The van der Waals surface area contributed by atoms with Crippen molar-refractivity contribution in [1.82, 2.24) is 5.32 Å². The molecule has 19 heavy (non-hydrogen) atoms. The molecule has 2 heteroatoms. The van der Waals surface area contributed by atoms with Crippen LogP contribution in [0.5, 0.6) is 0 Å². The number of benzene rings is 1. The summed E-state index contributed by atoms with van der Waals surface area (Å²) in [5.41, 5.74) is 9.18. The van der Waals surface area contributed by atoms with Gasteiger partial charge >= 0.3 is 0 Å². The summed E-state index contributed by atoms with van der Waals surface area (Å²) in [6.45, 7) is 4.66. The van der Waals surface area contributed by atoms with Gasteiger partial charge in [-0.05, 0) is 55.2 Å². The Hall–Kier alpha value is -1.02. The fraction of sp³-hybridized carbons (Fsp3) is 0.647. The zero-order valence-electron chi connectivity index (χ0n) is 12.0. The van der Waals surface area contributed by atoms with Crippen LogP contribution in [0.25, 0.3) is 0 Å². The first-order valence-electron chi connectivity index (χ1n) is 7.75. The van der Waals surface area contributed by atoms with Crippen molar-refractivity contribution in [3.63, 3.8) is 0 Å². The maximum atomic E-state index is 5.77. The predicted octanol–water partition coefficient (Wildman–Crippen LogP) is 3.47. The predicted molar refractivity (Wildman–Crippen MR) is 81.2 cm³/mol. The molecule has 0 saturated heterocycles. The molecule has 0 amide bonds. The van der Waals surface area contributed by atoms with Gasteiger partial charge in [0.1, 0.15) is 0 Å². The third-order valence-electron chi connectivity index (χ3n) is 5.08. The van der Waals surface area contributed by atoms with E-state index >= 15 is 0 Å². The first kappa shape index (κ1) is 13.0. The van der Waals surface area contributed by atoms with Crippen LogP contribution in [0.1, 0.15) is 51.0 Å². The molecule has 0 unspecified atom stereocenters. The number of anilines is 1. The normalized spacial score (nSPS) is 22.2. The minimum absolute atomic E-state index is 0.413. The number of rotatable bonds is 7. The van der Waals surface area contributed by atoms with Crippen LogP contribution < -0.4 is 11.1 Å². The van der Waals surface area contributed by atoms with Crippen LogP contribution >= 0.6 is 0 Å². The SMILES string of the molecule is CCCC1(CNCC2(c3ccc(N)cc3)CC2)CC1. The van der Waals surface area contributed by atoms with Crippen LogP contribution in [-0.4, -0.2) is 13.1 Å². The molecule has 2 aliphatic carbocycles. The van der Waals surface area contributed by atoms with Gasteiger partial charge in [-0.3, -0.25) is 0 Å². The molecule has 0 aliphatic heterocycles. The molecular weight excluding hydrogens is 232 g/mol. The van der Waals surface area contributed by atoms with Gasteiger partial charge in [-0.2, -0.15) is 0 Å². The molecule has 0 heterocycles. The van der Waals surface area contributed by atoms with Gasteiger partial charge in [0.05, 0.1) is 0 Å². The lowest BCUT2D eigenvalue weighted by Crippen LogP contribution is -2.31. The summed E-state index contributed by atoms with van der Waals surface area (Å²) >= 11 is 0. The lowest BCUT2D eigenvalue weighted by Gasteiger charge is -2.20. The molecule has 2 saturated carbocycles. The highest BCUT2D eigenvalue weighted by atomic mass is 14.9. The van der Waals surface area contributed by atoms with Crippen LogP contribution in [0.2, 0.25) is 0 Å². The number of hydrogen-bond donors (Lipinski definition) is 2. The lowest BCUT2D eigenvalue weighted by atomic mass is 9.94. The molecule has 2 fully saturated rings. The first-order valence-corrected chi connectivity index (χ1v) is 7.75. The van der Waals surface area contributed by atoms with E-state index in [-0.39, 0.29) is 0 Å². The molecule has 2 aliphatic rings. The van der Waals surface area contributed by atoms with Gasteiger partial charge in [-0.15, -0.1) is 0 Å². The van der Waals surface area contributed by atoms with E-state index in [4.69, 9.17) is 5.73 Å². The minimum atomic E-state index is 0.413. The van der Waals surface area contributed by atoms with Crippen molar-refractivity contribution in [3.05, 3.63) is 29.8 Å². The Labute approximate surface area is 116 Å². The number of nitrogens with one attached hydrogen (secondary N) is 1. The Morgan fingerprint density at radius 1 is 1.05 bits per heavy atom. The summed E-state index contributed by atoms with van der Waals surface area (Å²) in [4.78, 5) is 0. The first-order chi connectivity index (χ1) is 9.18. The Kier molecular flexibility index (Phi) is 3.30. The molecule has 3 rings (SSSR count). The highest BCUT2D eigenvalue weighted by Gasteiger charge is 2.45. The molecular formula is C17H26N2. The largest absolute Gasteiger partial charge is 0.399 e. The van der Waals surface area contributed by atoms with E-state index in [2.05, 4.69) is 24.4 Å². The van der Waals surface area contributed by atoms with Gasteiger partial charge in [0.15, 0.2) is 0 Å². The lowest BCUT2D eigenvalue weighted by molar-refractivity contribution is 0.409. The van der Waals surface area contributed by atoms with E-state index in [0.717, 1.165) is 12.2 Å². The standard InChI is InChI=1S/C17H26N2/c1-2-7-16(8-9-16)12-19-13-17(10-11-17)14-3-5-15(18)6-4-14/h3-6,19H,2,7-13,18H2,1H3. The van der Waals surface area contributed by atoms with Crippen molar-refractivity contribution in [3.8, 4) is 0 Å². The fourth-order valence-electron chi connectivity index (χ4n) is 3.34. The summed E-state index contributed by atoms with van der Waals surface area (Å²) in [6, 6.07) is 8.50. The Balaban J connectivity index is 1.53. The van der Waals surface area contributed by atoms with Crippen molar-refractivity contribution in [2.24, 2.45) is 5.41 Å². The third kappa shape index (κ3) is 2.79. The highest BCUT2D eigenvalue weighted by Crippen LogP contribution is 2.50. The Morgan fingerprint density at radius 3 is 2.26 bits per heavy atom. The van der Waals surface area contributed by atoms with Crippen LogP contribution in [0.15, 0.2) is 24.3 Å². The zero-order chi connectivity index (χ0) is 13.3. The smallest absolute Gasteiger partial charge is 0.0314 e. The van der Waals surface area contributed by atoms with Gasteiger partial charge in [0, 0.05) is 24.2 Å². The van der Waals surface area contributed by atoms with E-state index in [0.29, 0.717) is 10.8 Å². The second-order valence-electron chi connectivity index (χ2n) is 6.76. The van der Waals surface area contributed by atoms with E-state index in [1.54, 1.807) is 0 Å². The van der Waals surface area contributed by atoms with Crippen molar-refractivity contribution < 1.29 is 0 Å². The summed E-state index contributed by atoms with van der Waals surface area (Å²) in [5.74, 6) is 0. The van der Waals surface area contributed by atoms with Crippen molar-refractivity contribution >= 4 is 5.69 Å². The van der Waals surface area contributed by atoms with Gasteiger partial charge < -0.3 is 11.1 Å². The molecule has 1 aromatic rings. The van der Waals surface area contributed by atoms with Crippen LogP contribution in [0.3, 0.4) is 0 Å². The number of nitrogens with two attached hydrogens (primary N) is 1. The average Bonchev–Trinajstić information content (AvgIpc) is 3.29. The second-order valence-corrected chi connectivity index (χ2v) is 6.76. The quantitative estimate of drug-likeness (QED) is 0.735. The third-order valence-corrected chi connectivity index (χ3v) is 5.08. The summed E-state index contributed by atoms with van der Waals surface area (Å²) in [6.07, 6.45) is 8.24. The molecule has 0 aromatic heterocycles. The minimum Gasteiger partial charge on any atom is -0.399 e. The summed E-state index contributed by atoms with van der Waals surface area (Å²) in [7, 11) is 0. The van der Waals surface area contributed by atoms with Crippen molar-refractivity contribution in [2.75, 3.05) is 18.8 Å². The van der Waals surface area contributed by atoms with E-state index < -0.39 is 0 Å². The number of hydrogen-bond acceptors (Lipinski definition) is 2. The molecule has 0 bridgehead atoms. The van der Waals surface area contributed by atoms with Crippen molar-refractivity contribution in [1.29, 1.82) is 0 Å². The molecule has 0 radical (unpaired) electrons. The summed E-state index contributed by atoms with van der Waals surface area (Å²) < 4.78 is 0. The zero-order valence-corrected chi connectivity index (χ0v) is 12.0. The molecule has 2 nitrogen and oxygen atoms in total. The van der Waals surface area contributed by atoms with Gasteiger partial charge in [0.25, 0.3) is 0 Å². The van der Waals surface area contributed by atoms with Crippen LogP contribution in [0, 0.1) is 5.41 Å². The molecule has 3 N–H and O–H groups in total. The van der Waals surface area contributed by atoms with Crippen LogP contribution in [-0.2, 0) is 5.41 Å². The van der Waals surface area contributed by atoms with Crippen molar-refractivity contribution in [2.45, 2.75) is 50.9 Å². The van der Waals surface area contributed by atoms with E-state index in [1.165, 1.54) is 50.6 Å². The highest BCUT2D eigenvalue weighted by molar-refractivity contribution is 5.43. The molecule has 0 atom stereocenters. The van der Waals surface area contributed by atoms with Crippen LogP contribution in [0.4, 0.5) is 5.69 Å². The molecule has 104 valence electrons. The van der Waals surface area contributed by atoms with E-state index in [1.807, 2.05) is 12.1 Å². The topological polar surface area (TPSA) is 38.0 Å². The Morgan fingerprint density at radius 2 is 1.74 bits per heavy atom. The van der Waals surface area contributed by atoms with E-state index in [9.17, 15) is 0 Å². The molecule has 1 aromatic carbocycles. The summed E-state index contributed by atoms with van der Waals surface area (Å²) in [5, 5.41) is 3.76.